The second kappa shape index (κ2) is 28.0. The van der Waals surface area contributed by atoms with Crippen molar-refractivity contribution in [2.24, 2.45) is 0 Å². The summed E-state index contributed by atoms with van der Waals surface area (Å²) in [4.78, 5) is 113. The van der Waals surface area contributed by atoms with Crippen LogP contribution in [0.3, 0.4) is 0 Å². The maximum atomic E-state index is 14.3. The fourth-order valence-corrected chi connectivity index (χ4v) is 10.5. The number of hydrogen-bond donors (Lipinski definition) is 9. The molecule has 8 amide bonds. The van der Waals surface area contributed by atoms with Gasteiger partial charge < -0.3 is 58.1 Å². The summed E-state index contributed by atoms with van der Waals surface area (Å²) in [5.74, 6) is -3.36. The molecule has 0 saturated carbocycles. The largest absolute Gasteiger partial charge is 0.399 e. The van der Waals surface area contributed by atoms with E-state index in [-0.39, 0.29) is 91.5 Å². The fourth-order valence-electron chi connectivity index (χ4n) is 10.5. The molecule has 2 saturated heterocycles. The highest BCUT2D eigenvalue weighted by Gasteiger charge is 2.41. The van der Waals surface area contributed by atoms with Crippen molar-refractivity contribution in [3.8, 4) is 0 Å². The Morgan fingerprint density at radius 3 is 1.37 bits per heavy atom. The number of aryl methyl sites for hydroxylation is 2. The zero-order valence-electron chi connectivity index (χ0n) is 43.3. The second-order valence-electron chi connectivity index (χ2n) is 19.8. The molecule has 0 bridgehead atoms. The summed E-state index contributed by atoms with van der Waals surface area (Å²) in [5.41, 5.74) is 11.1. The van der Waals surface area contributed by atoms with Crippen LogP contribution in [0.15, 0.2) is 66.7 Å². The molecule has 21 heteroatoms. The van der Waals surface area contributed by atoms with Gasteiger partial charge in [0.2, 0.25) is 35.4 Å². The van der Waals surface area contributed by atoms with Crippen LogP contribution in [-0.4, -0.2) is 134 Å². The first-order valence-electron chi connectivity index (χ1n) is 26.0. The van der Waals surface area contributed by atoms with E-state index in [1.54, 1.807) is 27.9 Å². The molecule has 0 aromatic heterocycles. The number of fused-ring (bicyclic) bond motifs is 2. The molecule has 2 heterocycles. The van der Waals surface area contributed by atoms with Crippen molar-refractivity contribution in [3.63, 3.8) is 0 Å². The van der Waals surface area contributed by atoms with Gasteiger partial charge in [0.05, 0.1) is 24.2 Å². The van der Waals surface area contributed by atoms with Gasteiger partial charge in [-0.3, -0.25) is 38.4 Å². The van der Waals surface area contributed by atoms with Gasteiger partial charge >= 0.3 is 0 Å². The molecule has 0 spiro atoms. The number of anilines is 1. The normalized spacial score (nSPS) is 20.2. The Morgan fingerprint density at radius 1 is 0.573 bits per heavy atom. The van der Waals surface area contributed by atoms with E-state index < -0.39 is 71.7 Å². The first kappa shape index (κ1) is 59.6. The molecule has 0 unspecified atom stereocenters. The number of nitrogen functional groups attached to an aromatic ring is 1. The van der Waals surface area contributed by atoms with Gasteiger partial charge in [0, 0.05) is 43.0 Å². The first-order valence-corrected chi connectivity index (χ1v) is 26.0. The Kier molecular flexibility index (Phi) is 22.3. The van der Waals surface area contributed by atoms with Gasteiger partial charge in [-0.05, 0) is 145 Å². The predicted octanol–water partition coefficient (Wildman–Crippen LogP) is 2.91. The van der Waals surface area contributed by atoms with Crippen molar-refractivity contribution < 1.29 is 38.4 Å². The number of halogens is 2. The van der Waals surface area contributed by atoms with Gasteiger partial charge in [-0.2, -0.15) is 0 Å². The Hall–Kier alpha value is -6.28. The molecule has 3 aromatic rings. The zero-order chi connectivity index (χ0) is 52.2. The maximum absolute atomic E-state index is 14.3. The Labute approximate surface area is 452 Å². The summed E-state index contributed by atoms with van der Waals surface area (Å²) in [7, 11) is 3.25. The van der Waals surface area contributed by atoms with Crippen LogP contribution in [0, 0.1) is 0 Å². The highest BCUT2D eigenvalue weighted by molar-refractivity contribution is 6.01. The van der Waals surface area contributed by atoms with Crippen molar-refractivity contribution in [1.82, 2.24) is 52.3 Å². The molecule has 19 nitrogen and oxygen atoms in total. The number of rotatable bonds is 20. The van der Waals surface area contributed by atoms with Gasteiger partial charge in [-0.15, -0.1) is 24.8 Å². The lowest BCUT2D eigenvalue weighted by atomic mass is 9.87. The van der Waals surface area contributed by atoms with Gasteiger partial charge in [0.25, 0.3) is 11.8 Å². The van der Waals surface area contributed by atoms with Crippen molar-refractivity contribution in [2.75, 3.05) is 46.0 Å². The molecular formula is C54H75Cl2N11O8. The minimum atomic E-state index is -1.07. The smallest absolute Gasteiger partial charge is 0.251 e. The summed E-state index contributed by atoms with van der Waals surface area (Å²) in [6.07, 6.45) is 7.54. The second-order valence-corrected chi connectivity index (χ2v) is 19.8. The number of nitrogens with one attached hydrogen (secondary N) is 8. The molecule has 2 aliphatic carbocycles. The van der Waals surface area contributed by atoms with Gasteiger partial charge in [0.1, 0.15) is 24.2 Å². The van der Waals surface area contributed by atoms with Gasteiger partial charge in [-0.1, -0.05) is 48.5 Å². The lowest BCUT2D eigenvalue weighted by Crippen LogP contribution is -2.56. The summed E-state index contributed by atoms with van der Waals surface area (Å²) in [5, 5.41) is 23.4. The lowest BCUT2D eigenvalue weighted by molar-refractivity contribution is -0.142. The van der Waals surface area contributed by atoms with Crippen LogP contribution >= 0.6 is 24.8 Å². The van der Waals surface area contributed by atoms with Crippen LogP contribution in [0.2, 0.25) is 0 Å². The number of likely N-dealkylation sites (tertiary alicyclic amines) is 2. The van der Waals surface area contributed by atoms with Crippen LogP contribution in [0.5, 0.6) is 0 Å². The van der Waals surface area contributed by atoms with Crippen molar-refractivity contribution in [2.45, 2.75) is 139 Å². The monoisotopic (exact) mass is 1080 g/mol. The average Bonchev–Trinajstić information content (AvgIpc) is 4.11. The maximum Gasteiger partial charge on any atom is 0.251 e. The first-order chi connectivity index (χ1) is 35.2. The van der Waals surface area contributed by atoms with E-state index in [9.17, 15) is 38.4 Å². The number of hydrogen-bond acceptors (Lipinski definition) is 11. The molecule has 408 valence electrons. The molecule has 2 aliphatic heterocycles. The van der Waals surface area contributed by atoms with Crippen molar-refractivity contribution >= 4 is 77.8 Å². The lowest BCUT2D eigenvalue weighted by Gasteiger charge is -2.32. The van der Waals surface area contributed by atoms with E-state index >= 15 is 0 Å². The molecule has 0 radical (unpaired) electrons. The Balaban J connectivity index is 0.00000520. The zero-order valence-corrected chi connectivity index (χ0v) is 45.0. The van der Waals surface area contributed by atoms with Crippen LogP contribution in [-0.2, 0) is 41.6 Å². The van der Waals surface area contributed by atoms with Crippen molar-refractivity contribution in [1.29, 1.82) is 0 Å². The summed E-state index contributed by atoms with van der Waals surface area (Å²) in [6, 6.07) is 15.2. The van der Waals surface area contributed by atoms with Crippen LogP contribution in [0.4, 0.5) is 5.69 Å². The number of nitrogens with two attached hydrogens (primary N) is 1. The van der Waals surface area contributed by atoms with E-state index in [2.05, 4.69) is 54.7 Å². The quantitative estimate of drug-likeness (QED) is 0.0744. The molecule has 3 aromatic carbocycles. The summed E-state index contributed by atoms with van der Waals surface area (Å²) >= 11 is 0. The third-order valence-electron chi connectivity index (χ3n) is 14.8. The fraction of sp³-hybridized carbons (Fsp3) is 0.519. The molecule has 7 rings (SSSR count). The molecular weight excluding hydrogens is 1000 g/mol. The summed E-state index contributed by atoms with van der Waals surface area (Å²) in [6.45, 7) is 3.88. The number of carbonyl (C=O) groups excluding carboxylic acids is 8. The van der Waals surface area contributed by atoms with E-state index in [1.807, 2.05) is 36.4 Å². The molecule has 10 N–H and O–H groups in total. The third-order valence-corrected chi connectivity index (χ3v) is 14.8. The molecule has 4 aliphatic rings. The number of benzene rings is 3. The SMILES string of the molecule is CN[C@@H](C)C(=O)N[C@@H](CCNC(=O)c1cc(N)cc(C(=O)NCC[C@H](NC(=O)[C@H](C)NC)C(=O)N2CCC[C@H]2C(=O)N[C@@H]2CCCc3ccccc32)c1)C(=O)N1CCC[C@H]1C(=O)N[C@@H]1CCCc2ccccc21.Cl.Cl. The topological polar surface area (TPSA) is 265 Å². The minimum absolute atomic E-state index is 0. The number of likely N-dealkylation sites (N-methyl/N-ethyl adjacent to an activating group) is 2. The molecule has 2 fully saturated rings. The highest BCUT2D eigenvalue weighted by Crippen LogP contribution is 2.32. The Bertz CT molecular complexity index is 2370. The highest BCUT2D eigenvalue weighted by atomic mass is 35.5. The standard InChI is InChI=1S/C54H73N11O8.2ClH/c1-32(56-3)47(66)62-43(53(72)64-27-11-21-45(64)51(70)60-41-19-9-15-34-13-5-7-17-39(34)41)23-25-58-49(68)36-29-37(31-38(55)30-36)50(69)59-26-24-44(63-48(67)33(2)57-4)54(73)65-28-12-22-46(65)52(71)61-42-20-10-16-35-14-6-8-18-40(35)42;;/h5-8,13-14,17-18,29-33,41-46,56-57H,9-12,15-16,19-28,55H2,1-4H3,(H,58,68)(H,59,69)(H,60,70)(H,61,71)(H,62,66)(H,63,67);2*1H/t32-,33-,41+,42+,43-,44-,45-,46-;;/m0../s1. The van der Waals surface area contributed by atoms with Crippen LogP contribution in [0.1, 0.15) is 133 Å². The summed E-state index contributed by atoms with van der Waals surface area (Å²) < 4.78 is 0. The number of amides is 8. The van der Waals surface area contributed by atoms with E-state index in [0.717, 1.165) is 49.7 Å². The van der Waals surface area contributed by atoms with Crippen molar-refractivity contribution in [3.05, 3.63) is 100 Å². The Morgan fingerprint density at radius 2 is 0.973 bits per heavy atom. The minimum Gasteiger partial charge on any atom is -0.399 e. The van der Waals surface area contributed by atoms with E-state index in [1.165, 1.54) is 39.1 Å². The number of nitrogens with zero attached hydrogens (tertiary/aromatic N) is 2. The van der Waals surface area contributed by atoms with Crippen LogP contribution < -0.4 is 48.3 Å². The number of carbonyl (C=O) groups is 8. The van der Waals surface area contributed by atoms with E-state index in [0.29, 0.717) is 38.8 Å². The average molecular weight is 1080 g/mol. The molecule has 75 heavy (non-hydrogen) atoms. The van der Waals surface area contributed by atoms with Crippen LogP contribution in [0.25, 0.3) is 0 Å². The predicted molar refractivity (Wildman–Crippen MR) is 290 cm³/mol. The van der Waals surface area contributed by atoms with Gasteiger partial charge in [0.15, 0.2) is 0 Å². The van der Waals surface area contributed by atoms with E-state index in [4.69, 9.17) is 5.73 Å². The third kappa shape index (κ3) is 15.0. The van der Waals surface area contributed by atoms with Gasteiger partial charge in [-0.25, -0.2) is 0 Å². The molecule has 8 atom stereocenters.